The van der Waals surface area contributed by atoms with E-state index in [-0.39, 0.29) is 11.7 Å². The number of fused-ring (bicyclic) bond motifs is 1. The van der Waals surface area contributed by atoms with Gasteiger partial charge in [0.15, 0.2) is 6.10 Å². The van der Waals surface area contributed by atoms with E-state index in [9.17, 15) is 9.18 Å². The summed E-state index contributed by atoms with van der Waals surface area (Å²) in [7, 11) is 0. The Balaban J connectivity index is 1.46. The zero-order valence-electron chi connectivity index (χ0n) is 14.4. The van der Waals surface area contributed by atoms with Crippen LogP contribution < -0.4 is 14.8 Å². The van der Waals surface area contributed by atoms with Gasteiger partial charge in [-0.2, -0.15) is 0 Å². The highest BCUT2D eigenvalue weighted by molar-refractivity contribution is 5.88. The molecular weight excluding hydrogens is 333 g/mol. The molecule has 0 aromatic heterocycles. The first-order valence-electron chi connectivity index (χ1n) is 8.44. The lowest BCUT2D eigenvalue weighted by Gasteiger charge is -2.15. The highest BCUT2D eigenvalue weighted by atomic mass is 19.1. The molecule has 0 bridgehead atoms. The summed E-state index contributed by atoms with van der Waals surface area (Å²) in [5.74, 6) is 0.630. The van der Waals surface area contributed by atoms with Crippen LogP contribution in [0.3, 0.4) is 0 Å². The summed E-state index contributed by atoms with van der Waals surface area (Å²) in [5, 5.41) is 4.91. The van der Waals surface area contributed by atoms with Crippen molar-refractivity contribution < 1.29 is 18.7 Å². The first-order valence-corrected chi connectivity index (χ1v) is 8.44. The third kappa shape index (κ3) is 4.51. The summed E-state index contributed by atoms with van der Waals surface area (Å²) in [6, 6.07) is 19.4. The molecule has 0 spiro atoms. The Labute approximate surface area is 151 Å². The molecule has 0 aliphatic carbocycles. The van der Waals surface area contributed by atoms with Crippen LogP contribution in [0.5, 0.6) is 11.5 Å². The minimum absolute atomic E-state index is 0.254. The highest BCUT2D eigenvalue weighted by Gasteiger charge is 2.14. The van der Waals surface area contributed by atoms with Crippen molar-refractivity contribution in [1.29, 1.82) is 0 Å². The van der Waals surface area contributed by atoms with Gasteiger partial charge in [0.1, 0.15) is 23.9 Å². The van der Waals surface area contributed by atoms with Crippen molar-refractivity contribution in [2.24, 2.45) is 0 Å². The van der Waals surface area contributed by atoms with Crippen LogP contribution in [0.4, 0.5) is 4.39 Å². The first kappa shape index (κ1) is 17.7. The van der Waals surface area contributed by atoms with Crippen LogP contribution in [0, 0.1) is 5.82 Å². The van der Waals surface area contributed by atoms with Gasteiger partial charge >= 0.3 is 0 Å². The fourth-order valence-corrected chi connectivity index (χ4v) is 2.57. The second kappa shape index (κ2) is 8.34. The number of hydrogen-bond acceptors (Lipinski definition) is 3. The van der Waals surface area contributed by atoms with Crippen molar-refractivity contribution in [3.8, 4) is 11.5 Å². The van der Waals surface area contributed by atoms with E-state index in [2.05, 4.69) is 5.32 Å². The lowest BCUT2D eigenvalue weighted by atomic mass is 10.1. The van der Waals surface area contributed by atoms with Crippen LogP contribution in [-0.2, 0) is 4.79 Å². The van der Waals surface area contributed by atoms with Crippen molar-refractivity contribution >= 4 is 16.7 Å². The molecule has 1 atom stereocenters. The predicted molar refractivity (Wildman–Crippen MR) is 98.9 cm³/mol. The van der Waals surface area contributed by atoms with Crippen LogP contribution >= 0.6 is 0 Å². The number of ether oxygens (including phenoxy) is 2. The van der Waals surface area contributed by atoms with E-state index < -0.39 is 6.10 Å². The Hall–Kier alpha value is -3.08. The molecule has 5 heteroatoms. The SMILES string of the molecule is C[C@@H](Oc1ccc(F)cc1)C(=O)NCCOc1cccc2ccccc12. The maximum atomic E-state index is 12.9. The van der Waals surface area contributed by atoms with E-state index >= 15 is 0 Å². The molecule has 0 saturated heterocycles. The molecule has 0 fully saturated rings. The van der Waals surface area contributed by atoms with Crippen molar-refractivity contribution in [3.63, 3.8) is 0 Å². The normalized spacial score (nSPS) is 11.8. The predicted octanol–water partition coefficient (Wildman–Crippen LogP) is 3.94. The molecule has 0 unspecified atom stereocenters. The molecule has 4 nitrogen and oxygen atoms in total. The molecule has 0 heterocycles. The maximum absolute atomic E-state index is 12.9. The summed E-state index contributed by atoms with van der Waals surface area (Å²) >= 11 is 0. The number of hydrogen-bond donors (Lipinski definition) is 1. The van der Waals surface area contributed by atoms with Crippen LogP contribution in [0.25, 0.3) is 10.8 Å². The minimum atomic E-state index is -0.682. The van der Waals surface area contributed by atoms with Crippen LogP contribution in [-0.4, -0.2) is 25.2 Å². The number of nitrogens with one attached hydrogen (secondary N) is 1. The van der Waals surface area contributed by atoms with Crippen molar-refractivity contribution in [1.82, 2.24) is 5.32 Å². The monoisotopic (exact) mass is 353 g/mol. The second-order valence-corrected chi connectivity index (χ2v) is 5.83. The topological polar surface area (TPSA) is 47.6 Å². The van der Waals surface area contributed by atoms with E-state index in [0.29, 0.717) is 18.9 Å². The number of benzene rings is 3. The molecular formula is C21H20FNO3. The van der Waals surface area contributed by atoms with E-state index in [1.807, 2.05) is 42.5 Å². The third-order valence-corrected chi connectivity index (χ3v) is 3.90. The zero-order chi connectivity index (χ0) is 18.4. The van der Waals surface area contributed by atoms with Gasteiger partial charge < -0.3 is 14.8 Å². The molecule has 1 amide bonds. The largest absolute Gasteiger partial charge is 0.491 e. The van der Waals surface area contributed by atoms with Crippen molar-refractivity contribution in [2.75, 3.05) is 13.2 Å². The summed E-state index contributed by atoms with van der Waals surface area (Å²) in [6.45, 7) is 2.35. The van der Waals surface area contributed by atoms with Crippen LogP contribution in [0.2, 0.25) is 0 Å². The Morgan fingerprint density at radius 1 is 1.04 bits per heavy atom. The smallest absolute Gasteiger partial charge is 0.260 e. The summed E-state index contributed by atoms with van der Waals surface area (Å²) < 4.78 is 24.1. The Morgan fingerprint density at radius 2 is 1.77 bits per heavy atom. The van der Waals surface area contributed by atoms with Gasteiger partial charge in [-0.15, -0.1) is 0 Å². The molecule has 3 aromatic carbocycles. The molecule has 0 saturated carbocycles. The molecule has 3 rings (SSSR count). The minimum Gasteiger partial charge on any atom is -0.491 e. The highest BCUT2D eigenvalue weighted by Crippen LogP contribution is 2.24. The average molecular weight is 353 g/mol. The average Bonchev–Trinajstić information content (AvgIpc) is 2.67. The van der Waals surface area contributed by atoms with E-state index in [0.717, 1.165) is 16.5 Å². The summed E-state index contributed by atoms with van der Waals surface area (Å²) in [6.07, 6.45) is -0.682. The Bertz CT molecular complexity index is 875. The zero-order valence-corrected chi connectivity index (χ0v) is 14.4. The molecule has 0 aliphatic heterocycles. The van der Waals surface area contributed by atoms with Gasteiger partial charge in [0.25, 0.3) is 5.91 Å². The molecule has 0 radical (unpaired) electrons. The number of carbonyl (C=O) groups excluding carboxylic acids is 1. The summed E-state index contributed by atoms with van der Waals surface area (Å²) in [4.78, 5) is 12.1. The second-order valence-electron chi connectivity index (χ2n) is 5.83. The lowest BCUT2D eigenvalue weighted by molar-refractivity contribution is -0.127. The molecule has 26 heavy (non-hydrogen) atoms. The van der Waals surface area contributed by atoms with Gasteiger partial charge in [0, 0.05) is 5.39 Å². The first-order chi connectivity index (χ1) is 12.6. The quantitative estimate of drug-likeness (QED) is 0.655. The van der Waals surface area contributed by atoms with Crippen LogP contribution in [0.1, 0.15) is 6.92 Å². The van der Waals surface area contributed by atoms with Gasteiger partial charge in [-0.1, -0.05) is 36.4 Å². The Morgan fingerprint density at radius 3 is 2.58 bits per heavy atom. The lowest BCUT2D eigenvalue weighted by Crippen LogP contribution is -2.38. The summed E-state index contributed by atoms with van der Waals surface area (Å²) in [5.41, 5.74) is 0. The van der Waals surface area contributed by atoms with Crippen molar-refractivity contribution in [3.05, 3.63) is 72.5 Å². The standard InChI is InChI=1S/C21H20FNO3/c1-15(26-18-11-9-17(22)10-12-18)21(24)23-13-14-25-20-8-4-6-16-5-2-3-7-19(16)20/h2-12,15H,13-14H2,1H3,(H,23,24)/t15-/m1/s1. The van der Waals surface area contributed by atoms with Crippen molar-refractivity contribution in [2.45, 2.75) is 13.0 Å². The number of halogens is 1. The fraction of sp³-hybridized carbons (Fsp3) is 0.190. The number of rotatable bonds is 7. The molecule has 0 aliphatic rings. The fourth-order valence-electron chi connectivity index (χ4n) is 2.57. The Kier molecular flexibility index (Phi) is 5.69. The molecule has 134 valence electrons. The number of carbonyl (C=O) groups is 1. The van der Waals surface area contributed by atoms with E-state index in [1.165, 1.54) is 24.3 Å². The van der Waals surface area contributed by atoms with Gasteiger partial charge in [-0.25, -0.2) is 4.39 Å². The molecule has 3 aromatic rings. The van der Waals surface area contributed by atoms with E-state index in [1.54, 1.807) is 6.92 Å². The third-order valence-electron chi connectivity index (χ3n) is 3.90. The van der Waals surface area contributed by atoms with Gasteiger partial charge in [-0.05, 0) is 42.6 Å². The molecule has 1 N–H and O–H groups in total. The number of amides is 1. The maximum Gasteiger partial charge on any atom is 0.260 e. The van der Waals surface area contributed by atoms with E-state index in [4.69, 9.17) is 9.47 Å². The van der Waals surface area contributed by atoms with Crippen LogP contribution in [0.15, 0.2) is 66.7 Å². The van der Waals surface area contributed by atoms with Gasteiger partial charge in [0.05, 0.1) is 6.54 Å². The van der Waals surface area contributed by atoms with Gasteiger partial charge in [-0.3, -0.25) is 4.79 Å². The van der Waals surface area contributed by atoms with Gasteiger partial charge in [0.2, 0.25) is 0 Å².